The summed E-state index contributed by atoms with van der Waals surface area (Å²) in [6, 6.07) is 8.35. The molecule has 3 rings (SSSR count). The highest BCUT2D eigenvalue weighted by molar-refractivity contribution is 8.08. The Morgan fingerprint density at radius 1 is 1.13 bits per heavy atom. The normalized spacial score (nSPS) is 28.1. The first-order valence-corrected chi connectivity index (χ1v) is 7.06. The van der Waals surface area contributed by atoms with Crippen molar-refractivity contribution in [2.24, 2.45) is 0 Å². The highest BCUT2D eigenvalue weighted by Crippen LogP contribution is 2.46. The molecule has 0 saturated carbocycles. The molecular formula is C12H11NS2. The molecule has 2 bridgehead atoms. The Kier molecular flexibility index (Phi) is 2.34. The Labute approximate surface area is 98.6 Å². The fraction of sp³-hybridized carbons (Fsp3) is 0.333. The van der Waals surface area contributed by atoms with Gasteiger partial charge in [-0.25, -0.2) is 0 Å². The van der Waals surface area contributed by atoms with Gasteiger partial charge in [0, 0.05) is 22.8 Å². The van der Waals surface area contributed by atoms with E-state index in [0.29, 0.717) is 10.7 Å². The number of benzene rings is 1. The average molecular weight is 233 g/mol. The molecule has 0 aliphatic carbocycles. The molecule has 15 heavy (non-hydrogen) atoms. The van der Waals surface area contributed by atoms with Crippen LogP contribution in [0.25, 0.3) is 0 Å². The lowest BCUT2D eigenvalue weighted by Crippen LogP contribution is -2.28. The lowest BCUT2D eigenvalue weighted by atomic mass is 10.2. The number of anilines is 1. The van der Waals surface area contributed by atoms with Crippen LogP contribution in [-0.4, -0.2) is 22.3 Å². The minimum Gasteiger partial charge on any atom is -0.346 e. The molecule has 0 spiro atoms. The highest BCUT2D eigenvalue weighted by atomic mass is 32.2. The van der Waals surface area contributed by atoms with Crippen molar-refractivity contribution in [2.45, 2.75) is 10.7 Å². The van der Waals surface area contributed by atoms with Crippen LogP contribution >= 0.6 is 23.5 Å². The van der Waals surface area contributed by atoms with Gasteiger partial charge < -0.3 is 4.90 Å². The number of hydrogen-bond acceptors (Lipinski definition) is 3. The molecular weight excluding hydrogens is 222 g/mol. The zero-order valence-electron chi connectivity index (χ0n) is 8.22. The van der Waals surface area contributed by atoms with Crippen LogP contribution < -0.4 is 4.90 Å². The molecule has 2 fully saturated rings. The van der Waals surface area contributed by atoms with E-state index in [4.69, 9.17) is 6.42 Å². The van der Waals surface area contributed by atoms with Crippen LogP contribution in [0, 0.1) is 12.3 Å². The van der Waals surface area contributed by atoms with Gasteiger partial charge in [-0.05, 0) is 24.3 Å². The van der Waals surface area contributed by atoms with Crippen LogP contribution in [0.1, 0.15) is 5.56 Å². The molecule has 2 aliphatic heterocycles. The number of rotatable bonds is 1. The molecule has 2 heterocycles. The maximum Gasteiger partial charge on any atom is 0.0854 e. The molecule has 3 heteroatoms. The molecule has 0 amide bonds. The lowest BCUT2D eigenvalue weighted by Gasteiger charge is -2.22. The van der Waals surface area contributed by atoms with Crippen molar-refractivity contribution in [1.29, 1.82) is 0 Å². The van der Waals surface area contributed by atoms with E-state index < -0.39 is 0 Å². The van der Waals surface area contributed by atoms with Gasteiger partial charge in [0.1, 0.15) is 0 Å². The van der Waals surface area contributed by atoms with Gasteiger partial charge in [0.25, 0.3) is 0 Å². The van der Waals surface area contributed by atoms with Crippen LogP contribution in [0.5, 0.6) is 0 Å². The van der Waals surface area contributed by atoms with E-state index in [2.05, 4.69) is 46.5 Å². The zero-order chi connectivity index (χ0) is 10.3. The molecule has 0 aromatic heterocycles. The van der Waals surface area contributed by atoms with Gasteiger partial charge in [-0.3, -0.25) is 0 Å². The van der Waals surface area contributed by atoms with E-state index in [-0.39, 0.29) is 0 Å². The summed E-state index contributed by atoms with van der Waals surface area (Å²) in [5, 5.41) is 1.35. The van der Waals surface area contributed by atoms with Gasteiger partial charge in [0.2, 0.25) is 0 Å². The lowest BCUT2D eigenvalue weighted by molar-refractivity contribution is 0.877. The first-order valence-electron chi connectivity index (χ1n) is 4.97. The van der Waals surface area contributed by atoms with Gasteiger partial charge in [-0.1, -0.05) is 5.92 Å². The molecule has 1 aromatic carbocycles. The van der Waals surface area contributed by atoms with E-state index in [1.165, 1.54) is 17.2 Å². The number of fused-ring (bicyclic) bond motifs is 2. The molecule has 0 radical (unpaired) electrons. The molecule has 0 N–H and O–H groups in total. The first-order chi connectivity index (χ1) is 7.38. The van der Waals surface area contributed by atoms with Gasteiger partial charge in [0.05, 0.1) is 10.7 Å². The summed E-state index contributed by atoms with van der Waals surface area (Å²) in [7, 11) is 0. The van der Waals surface area contributed by atoms with Crippen molar-refractivity contribution in [3.63, 3.8) is 0 Å². The third-order valence-electron chi connectivity index (χ3n) is 2.82. The van der Waals surface area contributed by atoms with Crippen molar-refractivity contribution in [3.8, 4) is 12.3 Å². The van der Waals surface area contributed by atoms with E-state index in [0.717, 1.165) is 5.56 Å². The summed E-state index contributed by atoms with van der Waals surface area (Å²) >= 11 is 4.14. The second-order valence-corrected chi connectivity index (χ2v) is 6.10. The monoisotopic (exact) mass is 233 g/mol. The summed E-state index contributed by atoms with van der Waals surface area (Å²) in [5.41, 5.74) is 2.28. The van der Waals surface area contributed by atoms with Gasteiger partial charge >= 0.3 is 0 Å². The minimum absolute atomic E-state index is 0.677. The molecule has 2 atom stereocenters. The van der Waals surface area contributed by atoms with E-state index in [9.17, 15) is 0 Å². The zero-order valence-corrected chi connectivity index (χ0v) is 9.85. The number of hydrogen-bond donors (Lipinski definition) is 0. The third kappa shape index (κ3) is 1.53. The van der Waals surface area contributed by atoms with Crippen molar-refractivity contribution in [3.05, 3.63) is 29.8 Å². The summed E-state index contributed by atoms with van der Waals surface area (Å²) in [5.74, 6) is 5.17. The molecule has 2 saturated heterocycles. The second-order valence-electron chi connectivity index (χ2n) is 3.67. The van der Waals surface area contributed by atoms with E-state index in [1.807, 2.05) is 12.1 Å². The fourth-order valence-electron chi connectivity index (χ4n) is 2.05. The van der Waals surface area contributed by atoms with Gasteiger partial charge in [-0.2, -0.15) is 0 Å². The minimum atomic E-state index is 0.677. The Hall–Kier alpha value is -0.720. The number of thioether (sulfide) groups is 2. The molecule has 1 aromatic rings. The Bertz CT molecular complexity index is 387. The van der Waals surface area contributed by atoms with Gasteiger partial charge in [0.15, 0.2) is 0 Å². The van der Waals surface area contributed by atoms with Crippen LogP contribution in [0.2, 0.25) is 0 Å². The second kappa shape index (κ2) is 3.70. The number of terminal acetylenes is 1. The maximum absolute atomic E-state index is 5.35. The Morgan fingerprint density at radius 3 is 2.20 bits per heavy atom. The topological polar surface area (TPSA) is 3.24 Å². The summed E-state index contributed by atoms with van der Waals surface area (Å²) < 4.78 is 0. The van der Waals surface area contributed by atoms with Crippen LogP contribution in [0.4, 0.5) is 5.69 Å². The summed E-state index contributed by atoms with van der Waals surface area (Å²) in [4.78, 5) is 2.52. The maximum atomic E-state index is 5.35. The smallest absolute Gasteiger partial charge is 0.0854 e. The quantitative estimate of drug-likeness (QED) is 0.687. The van der Waals surface area contributed by atoms with Crippen LogP contribution in [0.15, 0.2) is 24.3 Å². The van der Waals surface area contributed by atoms with Crippen molar-refractivity contribution in [2.75, 3.05) is 16.4 Å². The van der Waals surface area contributed by atoms with Crippen molar-refractivity contribution < 1.29 is 0 Å². The SMILES string of the molecule is C#Cc1ccc(N2C3CSC2CS3)cc1. The van der Waals surface area contributed by atoms with Crippen LogP contribution in [0.3, 0.4) is 0 Å². The fourth-order valence-corrected chi connectivity index (χ4v) is 5.32. The predicted molar refractivity (Wildman–Crippen MR) is 69.3 cm³/mol. The third-order valence-corrected chi connectivity index (χ3v) is 5.81. The summed E-state index contributed by atoms with van der Waals surface area (Å²) in [6.07, 6.45) is 5.35. The standard InChI is InChI=1S/C12H11NS2/c1-2-9-3-5-10(6-4-9)13-11-7-14-12(13)8-15-11/h1,3-6,11-12H,7-8H2. The largest absolute Gasteiger partial charge is 0.346 e. The molecule has 2 aliphatic rings. The van der Waals surface area contributed by atoms with Crippen LogP contribution in [-0.2, 0) is 0 Å². The molecule has 76 valence electrons. The first kappa shape index (κ1) is 9.50. The number of nitrogens with zero attached hydrogens (tertiary/aromatic N) is 1. The summed E-state index contributed by atoms with van der Waals surface area (Å²) in [6.45, 7) is 0. The van der Waals surface area contributed by atoms with E-state index >= 15 is 0 Å². The molecule has 2 unspecified atom stereocenters. The van der Waals surface area contributed by atoms with Crippen molar-refractivity contribution in [1.82, 2.24) is 0 Å². The average Bonchev–Trinajstić information content (AvgIpc) is 2.89. The van der Waals surface area contributed by atoms with Gasteiger partial charge in [-0.15, -0.1) is 29.9 Å². The predicted octanol–water partition coefficient (Wildman–Crippen LogP) is 2.62. The Balaban J connectivity index is 1.90. The van der Waals surface area contributed by atoms with Crippen molar-refractivity contribution >= 4 is 29.2 Å². The van der Waals surface area contributed by atoms with E-state index in [1.54, 1.807) is 0 Å². The highest BCUT2D eigenvalue weighted by Gasteiger charge is 2.40. The molecule has 1 nitrogen and oxygen atoms in total. The Morgan fingerprint density at radius 2 is 1.73 bits per heavy atom.